The third kappa shape index (κ3) is 3.04. The summed E-state index contributed by atoms with van der Waals surface area (Å²) >= 11 is 0. The first-order valence-electron chi connectivity index (χ1n) is 6.82. The van der Waals surface area contributed by atoms with E-state index in [1.807, 2.05) is 13.8 Å². The van der Waals surface area contributed by atoms with Crippen molar-refractivity contribution in [1.29, 1.82) is 0 Å². The predicted molar refractivity (Wildman–Crippen MR) is 70.7 cm³/mol. The summed E-state index contributed by atoms with van der Waals surface area (Å²) < 4.78 is 2.88. The molecule has 2 rings (SSSR count). The maximum Gasteiger partial charge on any atom is 0.346 e. The Morgan fingerprint density at radius 3 is 2.84 bits per heavy atom. The van der Waals surface area contributed by atoms with Gasteiger partial charge in [0.1, 0.15) is 12.4 Å². The van der Waals surface area contributed by atoms with E-state index in [2.05, 4.69) is 15.7 Å². The summed E-state index contributed by atoms with van der Waals surface area (Å²) in [5.41, 5.74) is -0.198. The highest BCUT2D eigenvalue weighted by atomic mass is 16.2. The highest BCUT2D eigenvalue weighted by molar-refractivity contribution is 5.75. The van der Waals surface area contributed by atoms with Crippen molar-refractivity contribution in [2.45, 2.75) is 52.4 Å². The molecule has 106 valence electrons. The Hall–Kier alpha value is -1.63. The summed E-state index contributed by atoms with van der Waals surface area (Å²) in [5.74, 6) is 0.547. The lowest BCUT2D eigenvalue weighted by molar-refractivity contribution is -0.122. The highest BCUT2D eigenvalue weighted by Gasteiger charge is 2.18. The molecule has 2 N–H and O–H groups in total. The van der Waals surface area contributed by atoms with E-state index in [0.29, 0.717) is 18.9 Å². The summed E-state index contributed by atoms with van der Waals surface area (Å²) in [5, 5.41) is 10.3. The number of amides is 1. The Morgan fingerprint density at radius 1 is 1.47 bits per heavy atom. The number of carbonyl (C=O) groups is 1. The smallest absolute Gasteiger partial charge is 0.346 e. The topological polar surface area (TPSA) is 81.0 Å². The van der Waals surface area contributed by atoms with Crippen LogP contribution >= 0.6 is 0 Å². The Balaban J connectivity index is 2.05. The molecule has 0 unspecified atom stereocenters. The predicted octanol–water partition coefficient (Wildman–Crippen LogP) is -0.547. The van der Waals surface area contributed by atoms with Crippen molar-refractivity contribution in [3.05, 3.63) is 16.3 Å². The van der Waals surface area contributed by atoms with Gasteiger partial charge in [0.15, 0.2) is 0 Å². The van der Waals surface area contributed by atoms with Crippen LogP contribution in [0, 0.1) is 0 Å². The van der Waals surface area contributed by atoms with Gasteiger partial charge in [0.25, 0.3) is 0 Å². The average Bonchev–Trinajstić information content (AvgIpc) is 2.73. The van der Waals surface area contributed by atoms with Crippen LogP contribution in [-0.2, 0) is 24.4 Å². The lowest BCUT2D eigenvalue weighted by Crippen LogP contribution is -2.39. The second kappa shape index (κ2) is 6.01. The summed E-state index contributed by atoms with van der Waals surface area (Å²) in [6.07, 6.45) is 1.78. The number of hydrogen-bond donors (Lipinski definition) is 2. The Kier molecular flexibility index (Phi) is 4.36. The molecule has 0 saturated carbocycles. The van der Waals surface area contributed by atoms with Gasteiger partial charge in [-0.1, -0.05) is 13.8 Å². The van der Waals surface area contributed by atoms with Gasteiger partial charge in [-0.3, -0.25) is 9.36 Å². The molecule has 1 aliphatic heterocycles. The van der Waals surface area contributed by atoms with Crippen LogP contribution in [0.5, 0.6) is 0 Å². The van der Waals surface area contributed by atoms with E-state index in [1.54, 1.807) is 4.57 Å². The molecule has 1 aromatic heterocycles. The summed E-state index contributed by atoms with van der Waals surface area (Å²) in [4.78, 5) is 23.9. The largest absolute Gasteiger partial charge is 0.352 e. The second-order valence-electron chi connectivity index (χ2n) is 4.77. The molecule has 0 saturated heterocycles. The van der Waals surface area contributed by atoms with Crippen LogP contribution < -0.4 is 16.3 Å². The maximum absolute atomic E-state index is 12.0. The Morgan fingerprint density at radius 2 is 2.21 bits per heavy atom. The third-order valence-corrected chi connectivity index (χ3v) is 3.44. The standard InChI is InChI=1S/C12H21N5O2/c1-3-9(4-2)14-11(18)8-17-12(19)16-6-5-13-7-10(16)15-17/h9,13H,3-8H2,1-2H3,(H,14,18). The van der Waals surface area contributed by atoms with Gasteiger partial charge in [-0.25, -0.2) is 9.48 Å². The minimum absolute atomic E-state index is 0.00463. The molecule has 0 aromatic carbocycles. The molecule has 1 aliphatic rings. The van der Waals surface area contributed by atoms with Crippen LogP contribution in [0.4, 0.5) is 0 Å². The second-order valence-corrected chi connectivity index (χ2v) is 4.77. The quantitative estimate of drug-likeness (QED) is 0.750. The Bertz CT molecular complexity index is 501. The maximum atomic E-state index is 12.0. The van der Waals surface area contributed by atoms with Crippen molar-refractivity contribution in [2.75, 3.05) is 6.54 Å². The molecule has 1 amide bonds. The summed E-state index contributed by atoms with van der Waals surface area (Å²) in [6, 6.07) is 0.169. The van der Waals surface area contributed by atoms with Crippen LogP contribution in [0.3, 0.4) is 0 Å². The highest BCUT2D eigenvalue weighted by Crippen LogP contribution is 1.99. The molecule has 19 heavy (non-hydrogen) atoms. The van der Waals surface area contributed by atoms with E-state index in [0.717, 1.165) is 19.4 Å². The molecule has 0 spiro atoms. The fraction of sp³-hybridized carbons (Fsp3) is 0.750. The van der Waals surface area contributed by atoms with Crippen LogP contribution in [0.15, 0.2) is 4.79 Å². The van der Waals surface area contributed by atoms with Crippen LogP contribution in [0.25, 0.3) is 0 Å². The molecule has 7 heteroatoms. The van der Waals surface area contributed by atoms with Crippen molar-refractivity contribution in [2.24, 2.45) is 0 Å². The number of nitrogens with one attached hydrogen (secondary N) is 2. The van der Waals surface area contributed by atoms with Crippen LogP contribution in [0.2, 0.25) is 0 Å². The zero-order valence-electron chi connectivity index (χ0n) is 11.5. The zero-order valence-corrected chi connectivity index (χ0v) is 11.5. The first-order chi connectivity index (χ1) is 9.15. The molecule has 0 fully saturated rings. The molecule has 0 radical (unpaired) electrons. The number of fused-ring (bicyclic) bond motifs is 1. The normalized spacial score (nSPS) is 14.5. The van der Waals surface area contributed by atoms with Gasteiger partial charge in [0.05, 0.1) is 6.54 Å². The van der Waals surface area contributed by atoms with E-state index >= 15 is 0 Å². The average molecular weight is 267 g/mol. The number of rotatable bonds is 5. The molecule has 1 aromatic rings. The van der Waals surface area contributed by atoms with Crippen molar-refractivity contribution >= 4 is 5.91 Å². The molecule has 0 atom stereocenters. The minimum Gasteiger partial charge on any atom is -0.352 e. The zero-order chi connectivity index (χ0) is 13.8. The van der Waals surface area contributed by atoms with Crippen molar-refractivity contribution in [1.82, 2.24) is 25.0 Å². The van der Waals surface area contributed by atoms with E-state index < -0.39 is 0 Å². The van der Waals surface area contributed by atoms with Gasteiger partial charge in [0, 0.05) is 19.1 Å². The number of carbonyl (C=O) groups excluding carboxylic acids is 1. The fourth-order valence-corrected chi connectivity index (χ4v) is 2.24. The molecule has 0 aliphatic carbocycles. The van der Waals surface area contributed by atoms with E-state index in [9.17, 15) is 9.59 Å². The van der Waals surface area contributed by atoms with E-state index in [-0.39, 0.29) is 24.2 Å². The first-order valence-corrected chi connectivity index (χ1v) is 6.82. The summed E-state index contributed by atoms with van der Waals surface area (Å²) in [7, 11) is 0. The van der Waals surface area contributed by atoms with Crippen molar-refractivity contribution in [3.8, 4) is 0 Å². The number of hydrogen-bond acceptors (Lipinski definition) is 4. The van der Waals surface area contributed by atoms with Gasteiger partial charge in [-0.15, -0.1) is 0 Å². The third-order valence-electron chi connectivity index (χ3n) is 3.44. The lowest BCUT2D eigenvalue weighted by Gasteiger charge is -2.14. The Labute approximate surface area is 112 Å². The molecule has 7 nitrogen and oxygen atoms in total. The van der Waals surface area contributed by atoms with Gasteiger partial charge >= 0.3 is 5.69 Å². The lowest BCUT2D eigenvalue weighted by atomic mass is 10.2. The van der Waals surface area contributed by atoms with Gasteiger partial charge in [0.2, 0.25) is 5.91 Å². The van der Waals surface area contributed by atoms with Crippen LogP contribution in [0.1, 0.15) is 32.5 Å². The molecule has 0 bridgehead atoms. The summed E-state index contributed by atoms with van der Waals surface area (Å²) in [6.45, 7) is 6.01. The minimum atomic E-state index is -0.198. The molecule has 2 heterocycles. The van der Waals surface area contributed by atoms with Gasteiger partial charge in [-0.05, 0) is 12.8 Å². The van der Waals surface area contributed by atoms with Gasteiger partial charge < -0.3 is 10.6 Å². The van der Waals surface area contributed by atoms with Crippen molar-refractivity contribution in [3.63, 3.8) is 0 Å². The van der Waals surface area contributed by atoms with E-state index in [1.165, 1.54) is 4.68 Å². The number of aromatic nitrogens is 3. The SMILES string of the molecule is CCC(CC)NC(=O)Cn1nc2n(c1=O)CCNC2. The van der Waals surface area contributed by atoms with Crippen molar-refractivity contribution < 1.29 is 4.79 Å². The molecular formula is C12H21N5O2. The monoisotopic (exact) mass is 267 g/mol. The fourth-order valence-electron chi connectivity index (χ4n) is 2.24. The van der Waals surface area contributed by atoms with E-state index in [4.69, 9.17) is 0 Å². The molecular weight excluding hydrogens is 246 g/mol. The van der Waals surface area contributed by atoms with Gasteiger partial charge in [-0.2, -0.15) is 5.10 Å². The first kappa shape index (κ1) is 13.8. The number of nitrogens with zero attached hydrogens (tertiary/aromatic N) is 3. The van der Waals surface area contributed by atoms with Crippen LogP contribution in [-0.4, -0.2) is 32.8 Å².